The second kappa shape index (κ2) is 8.11. The molecule has 7 heteroatoms. The molecule has 2 aliphatic heterocycles. The van der Waals surface area contributed by atoms with Gasteiger partial charge >= 0.3 is 0 Å². The molecule has 1 unspecified atom stereocenters. The number of aromatic nitrogens is 4. The molecular weight excluding hydrogens is 424 g/mol. The summed E-state index contributed by atoms with van der Waals surface area (Å²) in [7, 11) is 4.11. The van der Waals surface area contributed by atoms with Gasteiger partial charge in [0, 0.05) is 49.7 Å². The lowest BCUT2D eigenvalue weighted by molar-refractivity contribution is 0.130. The first-order valence-corrected chi connectivity index (χ1v) is 11.9. The van der Waals surface area contributed by atoms with Crippen LogP contribution in [0.2, 0.25) is 0 Å². The summed E-state index contributed by atoms with van der Waals surface area (Å²) >= 11 is 0. The van der Waals surface area contributed by atoms with Crippen molar-refractivity contribution in [2.75, 3.05) is 38.6 Å². The van der Waals surface area contributed by atoms with E-state index in [2.05, 4.69) is 88.6 Å². The van der Waals surface area contributed by atoms with E-state index in [1.54, 1.807) is 0 Å². The predicted molar refractivity (Wildman–Crippen MR) is 134 cm³/mol. The molecule has 0 aliphatic carbocycles. The minimum Gasteiger partial charge on any atom is -0.391 e. The topological polar surface area (TPSA) is 62.4 Å². The van der Waals surface area contributed by atoms with Gasteiger partial charge in [-0.15, -0.1) is 0 Å². The highest BCUT2D eigenvalue weighted by atomic mass is 16.3. The molecule has 3 aromatic heterocycles. The second-order valence-electron chi connectivity index (χ2n) is 9.86. The van der Waals surface area contributed by atoms with Gasteiger partial charge in [0.05, 0.1) is 29.7 Å². The van der Waals surface area contributed by atoms with Gasteiger partial charge in [-0.3, -0.25) is 4.57 Å². The summed E-state index contributed by atoms with van der Waals surface area (Å²) in [6.07, 6.45) is 5.73. The van der Waals surface area contributed by atoms with Crippen LogP contribution in [0.15, 0.2) is 61.1 Å². The Morgan fingerprint density at radius 1 is 1.06 bits per heavy atom. The molecule has 1 N–H and O–H groups in total. The number of hydrogen-bond donors (Lipinski definition) is 1. The predicted octanol–water partition coefficient (Wildman–Crippen LogP) is 3.43. The fourth-order valence-corrected chi connectivity index (χ4v) is 5.27. The zero-order chi connectivity index (χ0) is 23.4. The number of β-amino-alcohol motifs (C(OH)–C–C–N with tert-alkyl or cyclic N) is 1. The number of imidazole rings is 1. The van der Waals surface area contributed by atoms with Gasteiger partial charge in [-0.1, -0.05) is 29.8 Å². The van der Waals surface area contributed by atoms with Crippen molar-refractivity contribution < 1.29 is 5.11 Å². The average Bonchev–Trinajstić information content (AvgIpc) is 3.52. The molecule has 0 radical (unpaired) electrons. The molecule has 5 heterocycles. The lowest BCUT2D eigenvalue weighted by Gasteiger charge is -2.20. The number of anilines is 1. The average molecular weight is 455 g/mol. The third-order valence-corrected chi connectivity index (χ3v) is 7.00. The van der Waals surface area contributed by atoms with Gasteiger partial charge in [-0.2, -0.15) is 0 Å². The van der Waals surface area contributed by atoms with E-state index in [1.165, 1.54) is 16.7 Å². The Hall–Kier alpha value is -3.42. The largest absolute Gasteiger partial charge is 0.391 e. The number of aliphatic hydroxyl groups is 1. The first-order valence-electron chi connectivity index (χ1n) is 11.9. The molecule has 0 amide bonds. The maximum absolute atomic E-state index is 10.6. The highest BCUT2D eigenvalue weighted by molar-refractivity contribution is 5.71. The number of nitrogens with zero attached hydrogens (tertiary/aromatic N) is 6. The van der Waals surface area contributed by atoms with Crippen molar-refractivity contribution in [3.63, 3.8) is 0 Å². The van der Waals surface area contributed by atoms with E-state index in [4.69, 9.17) is 9.97 Å². The molecule has 174 valence electrons. The molecule has 2 atom stereocenters. The lowest BCUT2D eigenvalue weighted by atomic mass is 10.1. The van der Waals surface area contributed by atoms with Gasteiger partial charge in [0.1, 0.15) is 5.82 Å². The molecule has 1 fully saturated rings. The van der Waals surface area contributed by atoms with Gasteiger partial charge in [0.25, 0.3) is 0 Å². The molecule has 7 nitrogen and oxygen atoms in total. The lowest BCUT2D eigenvalue weighted by Crippen LogP contribution is -2.29. The van der Waals surface area contributed by atoms with Crippen LogP contribution in [0.4, 0.5) is 5.82 Å². The third-order valence-electron chi connectivity index (χ3n) is 7.00. The van der Waals surface area contributed by atoms with Crippen LogP contribution in [0.1, 0.15) is 11.3 Å². The molecule has 0 bridgehead atoms. The number of fused-ring (bicyclic) bond motifs is 5. The maximum Gasteiger partial charge on any atom is 0.161 e. The zero-order valence-corrected chi connectivity index (χ0v) is 19.9. The summed E-state index contributed by atoms with van der Waals surface area (Å²) in [6, 6.07) is 15.1. The van der Waals surface area contributed by atoms with Crippen LogP contribution in [-0.4, -0.2) is 68.9 Å². The SMILES string of the molecule is Cc1ccc(-c2cc3n(c2)Cc2nc(N4CC(CN(C)C)[C@@H](O)C4)ccc2-n2ccnc2-3)cc1. The molecule has 0 saturated carbocycles. The van der Waals surface area contributed by atoms with Crippen molar-refractivity contribution in [2.24, 2.45) is 5.92 Å². The van der Waals surface area contributed by atoms with E-state index in [0.29, 0.717) is 13.1 Å². The van der Waals surface area contributed by atoms with Crippen LogP contribution in [0.5, 0.6) is 0 Å². The first kappa shape index (κ1) is 21.1. The fraction of sp³-hybridized carbons (Fsp3) is 0.333. The smallest absolute Gasteiger partial charge is 0.161 e. The van der Waals surface area contributed by atoms with Crippen LogP contribution in [-0.2, 0) is 6.54 Å². The van der Waals surface area contributed by atoms with Crippen molar-refractivity contribution in [3.8, 4) is 28.3 Å². The Kier molecular flexibility index (Phi) is 5.04. The highest BCUT2D eigenvalue weighted by Crippen LogP contribution is 2.34. The summed E-state index contributed by atoms with van der Waals surface area (Å²) in [5.41, 5.74) is 6.78. The van der Waals surface area contributed by atoms with Crippen LogP contribution >= 0.6 is 0 Å². The van der Waals surface area contributed by atoms with E-state index >= 15 is 0 Å². The van der Waals surface area contributed by atoms with Crippen LogP contribution in [0.25, 0.3) is 28.3 Å². The summed E-state index contributed by atoms with van der Waals surface area (Å²) in [6.45, 7) is 5.08. The van der Waals surface area contributed by atoms with Crippen molar-refractivity contribution in [1.82, 2.24) is 24.0 Å². The first-order chi connectivity index (χ1) is 16.5. The van der Waals surface area contributed by atoms with Gasteiger partial charge in [-0.05, 0) is 44.8 Å². The summed E-state index contributed by atoms with van der Waals surface area (Å²) in [5.74, 6) is 2.08. The van der Waals surface area contributed by atoms with E-state index in [-0.39, 0.29) is 12.0 Å². The summed E-state index contributed by atoms with van der Waals surface area (Å²) in [4.78, 5) is 14.2. The number of aliphatic hydroxyl groups excluding tert-OH is 1. The summed E-state index contributed by atoms with van der Waals surface area (Å²) in [5, 5.41) is 10.6. The normalized spacial score (nSPS) is 19.1. The third kappa shape index (κ3) is 3.61. The molecule has 6 rings (SSSR count). The molecule has 2 aliphatic rings. The molecule has 0 spiro atoms. The minimum absolute atomic E-state index is 0.226. The van der Waals surface area contributed by atoms with Gasteiger partial charge < -0.3 is 19.5 Å². The standard InChI is InChI=1S/C27H30N6O/c1-18-4-6-19(7-5-18)20-12-24-27-28-10-11-33(27)23-8-9-26(29-22(23)16-31(24)14-20)32-15-21(13-30(2)3)25(34)17-32/h4-12,14,21,25,34H,13,15-17H2,1-3H3/t21?,25-/m0/s1. The number of benzene rings is 1. The van der Waals surface area contributed by atoms with Gasteiger partial charge in [0.15, 0.2) is 5.82 Å². The van der Waals surface area contributed by atoms with E-state index in [9.17, 15) is 5.11 Å². The Morgan fingerprint density at radius 3 is 2.68 bits per heavy atom. The zero-order valence-electron chi connectivity index (χ0n) is 19.9. The van der Waals surface area contributed by atoms with Gasteiger partial charge in [-0.25, -0.2) is 9.97 Å². The van der Waals surface area contributed by atoms with E-state index in [0.717, 1.165) is 41.8 Å². The van der Waals surface area contributed by atoms with Crippen molar-refractivity contribution in [1.29, 1.82) is 0 Å². The number of pyridine rings is 1. The Morgan fingerprint density at radius 2 is 1.88 bits per heavy atom. The molecule has 4 aromatic rings. The monoisotopic (exact) mass is 454 g/mol. The fourth-order valence-electron chi connectivity index (χ4n) is 5.27. The van der Waals surface area contributed by atoms with Crippen molar-refractivity contribution >= 4 is 5.82 Å². The van der Waals surface area contributed by atoms with E-state index in [1.807, 2.05) is 12.4 Å². The number of hydrogen-bond acceptors (Lipinski definition) is 5. The molecule has 34 heavy (non-hydrogen) atoms. The quantitative estimate of drug-likeness (QED) is 0.451. The highest BCUT2D eigenvalue weighted by Gasteiger charge is 2.33. The molecular formula is C27H30N6O. The summed E-state index contributed by atoms with van der Waals surface area (Å²) < 4.78 is 4.39. The Balaban J connectivity index is 1.37. The molecule has 1 aromatic carbocycles. The second-order valence-corrected chi connectivity index (χ2v) is 9.86. The van der Waals surface area contributed by atoms with E-state index < -0.39 is 0 Å². The van der Waals surface area contributed by atoms with Crippen molar-refractivity contribution in [3.05, 3.63) is 72.3 Å². The molecule has 1 saturated heterocycles. The van der Waals surface area contributed by atoms with Crippen molar-refractivity contribution in [2.45, 2.75) is 19.6 Å². The Bertz CT molecular complexity index is 1340. The minimum atomic E-state index is -0.337. The maximum atomic E-state index is 10.6. The Labute approximate surface area is 199 Å². The number of rotatable bonds is 4. The van der Waals surface area contributed by atoms with Gasteiger partial charge in [0.2, 0.25) is 0 Å². The van der Waals surface area contributed by atoms with Crippen LogP contribution in [0, 0.1) is 12.8 Å². The van der Waals surface area contributed by atoms with Crippen LogP contribution < -0.4 is 4.90 Å². The van der Waals surface area contributed by atoms with Crippen LogP contribution in [0.3, 0.4) is 0 Å². The number of aryl methyl sites for hydroxylation is 1.